The fourth-order valence-electron chi connectivity index (χ4n) is 2.32. The van der Waals surface area contributed by atoms with Crippen LogP contribution in [0.5, 0.6) is 0 Å². The van der Waals surface area contributed by atoms with Crippen molar-refractivity contribution < 1.29 is 9.59 Å². The van der Waals surface area contributed by atoms with Crippen LogP contribution in [0.25, 0.3) is 0 Å². The van der Waals surface area contributed by atoms with E-state index in [0.717, 1.165) is 25.8 Å². The van der Waals surface area contributed by atoms with Crippen molar-refractivity contribution in [2.45, 2.75) is 44.2 Å². The molecule has 0 aromatic rings. The Balaban J connectivity index is 1.79. The lowest BCUT2D eigenvalue weighted by atomic mass is 10.0. The molecule has 2 aliphatic heterocycles. The standard InChI is InChI=1S/C11H19N3O2/c15-10-4-3-9(7-13-10)14-8-2-1-5-12-11(16)6-8/h8-9,14H,1-7H2,(H,12,16)(H,13,15). The van der Waals surface area contributed by atoms with Gasteiger partial charge in [-0.3, -0.25) is 9.59 Å². The highest BCUT2D eigenvalue weighted by molar-refractivity contribution is 5.77. The fraction of sp³-hybridized carbons (Fsp3) is 0.818. The maximum Gasteiger partial charge on any atom is 0.221 e. The van der Waals surface area contributed by atoms with E-state index in [-0.39, 0.29) is 17.9 Å². The monoisotopic (exact) mass is 225 g/mol. The molecular weight excluding hydrogens is 206 g/mol. The molecule has 0 aromatic heterocycles. The molecule has 2 rings (SSSR count). The zero-order chi connectivity index (χ0) is 11.4. The van der Waals surface area contributed by atoms with Crippen molar-refractivity contribution >= 4 is 11.8 Å². The third kappa shape index (κ3) is 3.20. The SMILES string of the molecule is O=C1CCC(NC2CCCNC(=O)C2)CN1. The predicted octanol–water partition coefficient (Wildman–Crippen LogP) is -0.477. The molecule has 2 saturated heterocycles. The molecule has 0 aliphatic carbocycles. The Morgan fingerprint density at radius 3 is 2.69 bits per heavy atom. The molecule has 0 aromatic carbocycles. The number of amides is 2. The Morgan fingerprint density at radius 1 is 1.06 bits per heavy atom. The second kappa shape index (κ2) is 5.30. The lowest BCUT2D eigenvalue weighted by molar-refractivity contribution is -0.123. The number of hydrogen-bond acceptors (Lipinski definition) is 3. The highest BCUT2D eigenvalue weighted by atomic mass is 16.2. The summed E-state index contributed by atoms with van der Waals surface area (Å²) in [6, 6.07) is 0.594. The molecule has 0 bridgehead atoms. The van der Waals surface area contributed by atoms with Gasteiger partial charge in [0.15, 0.2) is 0 Å². The van der Waals surface area contributed by atoms with E-state index in [0.29, 0.717) is 25.4 Å². The van der Waals surface area contributed by atoms with Crippen LogP contribution < -0.4 is 16.0 Å². The first kappa shape index (κ1) is 11.4. The molecule has 0 radical (unpaired) electrons. The van der Waals surface area contributed by atoms with Crippen LogP contribution in [0, 0.1) is 0 Å². The molecule has 2 heterocycles. The number of hydrogen-bond donors (Lipinski definition) is 3. The lowest BCUT2D eigenvalue weighted by Gasteiger charge is -2.27. The van der Waals surface area contributed by atoms with Gasteiger partial charge in [-0.15, -0.1) is 0 Å². The van der Waals surface area contributed by atoms with Gasteiger partial charge >= 0.3 is 0 Å². The molecular formula is C11H19N3O2. The number of piperidine rings is 1. The predicted molar refractivity (Wildman–Crippen MR) is 59.8 cm³/mol. The molecule has 16 heavy (non-hydrogen) atoms. The molecule has 2 amide bonds. The summed E-state index contributed by atoms with van der Waals surface area (Å²) in [7, 11) is 0. The summed E-state index contributed by atoms with van der Waals surface area (Å²) in [6.07, 6.45) is 4.09. The molecule has 5 heteroatoms. The van der Waals surface area contributed by atoms with Gasteiger partial charge in [0.1, 0.15) is 0 Å². The van der Waals surface area contributed by atoms with Crippen molar-refractivity contribution in [3.05, 3.63) is 0 Å². The fourth-order valence-corrected chi connectivity index (χ4v) is 2.32. The zero-order valence-electron chi connectivity index (χ0n) is 9.42. The van der Waals surface area contributed by atoms with Crippen LogP contribution in [-0.4, -0.2) is 37.0 Å². The van der Waals surface area contributed by atoms with Crippen LogP contribution in [-0.2, 0) is 9.59 Å². The van der Waals surface area contributed by atoms with E-state index < -0.39 is 0 Å². The van der Waals surface area contributed by atoms with E-state index in [4.69, 9.17) is 0 Å². The van der Waals surface area contributed by atoms with Crippen LogP contribution in [0.15, 0.2) is 0 Å². The Bertz CT molecular complexity index is 270. The molecule has 2 atom stereocenters. The van der Waals surface area contributed by atoms with Crippen LogP contribution in [0.2, 0.25) is 0 Å². The summed E-state index contributed by atoms with van der Waals surface area (Å²) in [5, 5.41) is 9.19. The molecule has 2 aliphatic rings. The van der Waals surface area contributed by atoms with E-state index in [9.17, 15) is 9.59 Å². The van der Waals surface area contributed by atoms with Crippen LogP contribution >= 0.6 is 0 Å². The lowest BCUT2D eigenvalue weighted by Crippen LogP contribution is -2.49. The average Bonchev–Trinajstić information content (AvgIpc) is 2.46. The minimum Gasteiger partial charge on any atom is -0.356 e. The average molecular weight is 225 g/mol. The third-order valence-corrected chi connectivity index (χ3v) is 3.22. The topological polar surface area (TPSA) is 70.2 Å². The summed E-state index contributed by atoms with van der Waals surface area (Å²) in [5.74, 6) is 0.270. The number of carbonyl (C=O) groups is 2. The van der Waals surface area contributed by atoms with Gasteiger partial charge in [-0.05, 0) is 19.3 Å². The highest BCUT2D eigenvalue weighted by Gasteiger charge is 2.23. The van der Waals surface area contributed by atoms with Crippen molar-refractivity contribution in [2.75, 3.05) is 13.1 Å². The molecule has 5 nitrogen and oxygen atoms in total. The first-order valence-corrected chi connectivity index (χ1v) is 6.03. The molecule has 2 unspecified atom stereocenters. The quantitative estimate of drug-likeness (QED) is 0.594. The Hall–Kier alpha value is -1.10. The third-order valence-electron chi connectivity index (χ3n) is 3.22. The molecule has 0 spiro atoms. The number of rotatable bonds is 2. The van der Waals surface area contributed by atoms with Gasteiger partial charge in [-0.25, -0.2) is 0 Å². The van der Waals surface area contributed by atoms with Gasteiger partial charge in [0.05, 0.1) is 0 Å². The van der Waals surface area contributed by atoms with Crippen LogP contribution in [0.3, 0.4) is 0 Å². The molecule has 0 saturated carbocycles. The summed E-state index contributed by atoms with van der Waals surface area (Å²) < 4.78 is 0. The second-order valence-corrected chi connectivity index (χ2v) is 4.60. The first-order chi connectivity index (χ1) is 7.74. The molecule has 90 valence electrons. The van der Waals surface area contributed by atoms with Crippen LogP contribution in [0.4, 0.5) is 0 Å². The maximum atomic E-state index is 11.4. The zero-order valence-corrected chi connectivity index (χ0v) is 9.42. The Kier molecular flexibility index (Phi) is 3.77. The van der Waals surface area contributed by atoms with E-state index >= 15 is 0 Å². The first-order valence-electron chi connectivity index (χ1n) is 6.03. The normalized spacial score (nSPS) is 31.5. The maximum absolute atomic E-state index is 11.4. The van der Waals surface area contributed by atoms with Gasteiger partial charge in [0.25, 0.3) is 0 Å². The summed E-state index contributed by atoms with van der Waals surface area (Å²) in [6.45, 7) is 1.48. The van der Waals surface area contributed by atoms with Gasteiger partial charge in [-0.1, -0.05) is 0 Å². The minimum absolute atomic E-state index is 0.134. The number of carbonyl (C=O) groups excluding carboxylic acids is 2. The molecule has 2 fully saturated rings. The van der Waals surface area contributed by atoms with Crippen molar-refractivity contribution in [2.24, 2.45) is 0 Å². The van der Waals surface area contributed by atoms with Crippen molar-refractivity contribution in [1.29, 1.82) is 0 Å². The summed E-state index contributed by atoms with van der Waals surface area (Å²) >= 11 is 0. The van der Waals surface area contributed by atoms with Crippen molar-refractivity contribution in [3.8, 4) is 0 Å². The number of nitrogens with one attached hydrogen (secondary N) is 3. The minimum atomic E-state index is 0.134. The van der Waals surface area contributed by atoms with Gasteiger partial charge < -0.3 is 16.0 Å². The van der Waals surface area contributed by atoms with Gasteiger partial charge in [0.2, 0.25) is 11.8 Å². The van der Waals surface area contributed by atoms with E-state index in [1.54, 1.807) is 0 Å². The van der Waals surface area contributed by atoms with Crippen LogP contribution in [0.1, 0.15) is 32.1 Å². The summed E-state index contributed by atoms with van der Waals surface area (Å²) in [5.41, 5.74) is 0. The largest absolute Gasteiger partial charge is 0.356 e. The van der Waals surface area contributed by atoms with E-state index in [1.165, 1.54) is 0 Å². The highest BCUT2D eigenvalue weighted by Crippen LogP contribution is 2.10. The van der Waals surface area contributed by atoms with E-state index in [1.807, 2.05) is 0 Å². The Morgan fingerprint density at radius 2 is 1.94 bits per heavy atom. The van der Waals surface area contributed by atoms with E-state index in [2.05, 4.69) is 16.0 Å². The smallest absolute Gasteiger partial charge is 0.221 e. The van der Waals surface area contributed by atoms with Crippen molar-refractivity contribution in [1.82, 2.24) is 16.0 Å². The Labute approximate surface area is 95.3 Å². The summed E-state index contributed by atoms with van der Waals surface area (Å²) in [4.78, 5) is 22.4. The second-order valence-electron chi connectivity index (χ2n) is 4.60. The van der Waals surface area contributed by atoms with Gasteiger partial charge in [0, 0.05) is 38.0 Å². The van der Waals surface area contributed by atoms with Gasteiger partial charge in [-0.2, -0.15) is 0 Å². The molecule has 3 N–H and O–H groups in total. The van der Waals surface area contributed by atoms with Crippen molar-refractivity contribution in [3.63, 3.8) is 0 Å².